The molecular formula is C9H9N3O3. The van der Waals surface area contributed by atoms with Crippen LogP contribution in [0.5, 0.6) is 0 Å². The highest BCUT2D eigenvalue weighted by molar-refractivity contribution is 5.22. The summed E-state index contributed by atoms with van der Waals surface area (Å²) in [6.45, 7) is 0. The molecule has 2 rings (SSSR count). The Balaban J connectivity index is 2.45. The quantitative estimate of drug-likeness (QED) is 0.623. The van der Waals surface area contributed by atoms with Crippen LogP contribution in [-0.4, -0.2) is 20.8 Å². The van der Waals surface area contributed by atoms with E-state index in [1.54, 1.807) is 6.07 Å². The van der Waals surface area contributed by atoms with Crippen molar-refractivity contribution >= 4 is 0 Å². The van der Waals surface area contributed by atoms with Gasteiger partial charge in [-0.25, -0.2) is 4.79 Å². The Labute approximate surface area is 84.4 Å². The SMILES string of the molecule is N#Cc1cn(C2CC(O)C2)c(=O)[nH]c1=O. The van der Waals surface area contributed by atoms with E-state index in [0.29, 0.717) is 12.8 Å². The van der Waals surface area contributed by atoms with Crippen molar-refractivity contribution in [3.8, 4) is 6.07 Å². The van der Waals surface area contributed by atoms with Crippen LogP contribution in [0, 0.1) is 11.3 Å². The van der Waals surface area contributed by atoms with E-state index in [-0.39, 0.29) is 17.7 Å². The molecule has 6 nitrogen and oxygen atoms in total. The largest absolute Gasteiger partial charge is 0.393 e. The lowest BCUT2D eigenvalue weighted by atomic mass is 9.89. The van der Waals surface area contributed by atoms with Crippen molar-refractivity contribution in [2.45, 2.75) is 25.0 Å². The van der Waals surface area contributed by atoms with E-state index in [9.17, 15) is 9.59 Å². The van der Waals surface area contributed by atoms with Crippen LogP contribution < -0.4 is 11.2 Å². The number of H-pyrrole nitrogens is 1. The Morgan fingerprint density at radius 1 is 1.53 bits per heavy atom. The predicted molar refractivity (Wildman–Crippen MR) is 50.3 cm³/mol. The average molecular weight is 207 g/mol. The Kier molecular flexibility index (Phi) is 2.17. The van der Waals surface area contributed by atoms with Crippen LogP contribution in [0.1, 0.15) is 24.4 Å². The molecule has 1 fully saturated rings. The zero-order valence-corrected chi connectivity index (χ0v) is 7.80. The van der Waals surface area contributed by atoms with Crippen LogP contribution >= 0.6 is 0 Å². The molecule has 1 aliphatic rings. The Bertz CT molecular complexity index is 531. The molecule has 0 atom stereocenters. The van der Waals surface area contributed by atoms with Crippen LogP contribution in [-0.2, 0) is 0 Å². The molecule has 0 bridgehead atoms. The molecule has 78 valence electrons. The number of nitriles is 1. The lowest BCUT2D eigenvalue weighted by Gasteiger charge is -2.32. The summed E-state index contributed by atoms with van der Waals surface area (Å²) in [4.78, 5) is 24.5. The zero-order valence-electron chi connectivity index (χ0n) is 7.80. The van der Waals surface area contributed by atoms with Gasteiger partial charge in [0, 0.05) is 12.2 Å². The first kappa shape index (κ1) is 9.68. The fraction of sp³-hybridized carbons (Fsp3) is 0.444. The molecule has 0 aliphatic heterocycles. The van der Waals surface area contributed by atoms with Gasteiger partial charge in [-0.05, 0) is 12.8 Å². The maximum Gasteiger partial charge on any atom is 0.328 e. The van der Waals surface area contributed by atoms with Crippen molar-refractivity contribution in [2.24, 2.45) is 0 Å². The number of aliphatic hydroxyl groups excluding tert-OH is 1. The van der Waals surface area contributed by atoms with Crippen molar-refractivity contribution < 1.29 is 5.11 Å². The molecule has 1 saturated carbocycles. The highest BCUT2D eigenvalue weighted by Gasteiger charge is 2.29. The highest BCUT2D eigenvalue weighted by atomic mass is 16.3. The van der Waals surface area contributed by atoms with Crippen molar-refractivity contribution in [1.82, 2.24) is 9.55 Å². The minimum absolute atomic E-state index is 0.0870. The topological polar surface area (TPSA) is 98.9 Å². The molecule has 6 heteroatoms. The summed E-state index contributed by atoms with van der Waals surface area (Å²) < 4.78 is 1.30. The molecule has 15 heavy (non-hydrogen) atoms. The number of nitrogens with one attached hydrogen (secondary N) is 1. The number of aliphatic hydroxyl groups is 1. The fourth-order valence-corrected chi connectivity index (χ4v) is 1.62. The van der Waals surface area contributed by atoms with E-state index >= 15 is 0 Å². The molecule has 0 saturated heterocycles. The van der Waals surface area contributed by atoms with Crippen LogP contribution in [0.25, 0.3) is 0 Å². The van der Waals surface area contributed by atoms with Gasteiger partial charge in [-0.15, -0.1) is 0 Å². The monoisotopic (exact) mass is 207 g/mol. The van der Waals surface area contributed by atoms with Gasteiger partial charge in [-0.1, -0.05) is 0 Å². The minimum Gasteiger partial charge on any atom is -0.393 e. The second-order valence-electron chi connectivity index (χ2n) is 3.60. The Morgan fingerprint density at radius 2 is 2.20 bits per heavy atom. The lowest BCUT2D eigenvalue weighted by molar-refractivity contribution is 0.0465. The van der Waals surface area contributed by atoms with Gasteiger partial charge >= 0.3 is 5.69 Å². The average Bonchev–Trinajstić information content (AvgIpc) is 2.14. The fourth-order valence-electron chi connectivity index (χ4n) is 1.62. The van der Waals surface area contributed by atoms with Gasteiger partial charge in [0.15, 0.2) is 0 Å². The van der Waals surface area contributed by atoms with E-state index in [0.717, 1.165) is 0 Å². The number of aromatic amines is 1. The van der Waals surface area contributed by atoms with Gasteiger partial charge in [0.25, 0.3) is 5.56 Å². The summed E-state index contributed by atoms with van der Waals surface area (Å²) in [6, 6.07) is 1.60. The third-order valence-electron chi connectivity index (χ3n) is 2.57. The summed E-state index contributed by atoms with van der Waals surface area (Å²) in [6.07, 6.45) is 1.82. The molecule has 0 radical (unpaired) electrons. The summed E-state index contributed by atoms with van der Waals surface area (Å²) in [5.41, 5.74) is -1.29. The molecule has 1 aliphatic carbocycles. The molecule has 1 aromatic rings. The van der Waals surface area contributed by atoms with Crippen molar-refractivity contribution in [2.75, 3.05) is 0 Å². The van der Waals surface area contributed by atoms with Crippen molar-refractivity contribution in [3.63, 3.8) is 0 Å². The Morgan fingerprint density at radius 3 is 2.73 bits per heavy atom. The second kappa shape index (κ2) is 3.37. The third kappa shape index (κ3) is 1.57. The molecule has 0 amide bonds. The molecule has 1 aromatic heterocycles. The predicted octanol–water partition coefficient (Wildman–Crippen LogP) is -0.896. The van der Waals surface area contributed by atoms with Crippen LogP contribution in [0.4, 0.5) is 0 Å². The van der Waals surface area contributed by atoms with Crippen molar-refractivity contribution in [3.05, 3.63) is 32.6 Å². The van der Waals surface area contributed by atoms with E-state index in [2.05, 4.69) is 4.98 Å². The van der Waals surface area contributed by atoms with Gasteiger partial charge in [-0.3, -0.25) is 14.3 Å². The van der Waals surface area contributed by atoms with Crippen LogP contribution in [0.2, 0.25) is 0 Å². The number of aromatic nitrogens is 2. The van der Waals surface area contributed by atoms with Gasteiger partial charge in [0.05, 0.1) is 6.10 Å². The first-order chi connectivity index (χ1) is 7.11. The highest BCUT2D eigenvalue weighted by Crippen LogP contribution is 2.30. The van der Waals surface area contributed by atoms with Crippen LogP contribution in [0.3, 0.4) is 0 Å². The molecule has 2 N–H and O–H groups in total. The molecular weight excluding hydrogens is 198 g/mol. The van der Waals surface area contributed by atoms with Crippen LogP contribution in [0.15, 0.2) is 15.8 Å². The summed E-state index contributed by atoms with van der Waals surface area (Å²) >= 11 is 0. The van der Waals surface area contributed by atoms with E-state index in [1.165, 1.54) is 10.8 Å². The van der Waals surface area contributed by atoms with E-state index in [1.807, 2.05) is 0 Å². The molecule has 1 heterocycles. The molecule has 0 spiro atoms. The normalized spacial score (nSPS) is 24.3. The maximum absolute atomic E-state index is 11.4. The standard InChI is InChI=1S/C9H9N3O3/c10-3-5-4-12(6-1-7(13)2-6)9(15)11-8(5)14/h4,6-7,13H,1-2H2,(H,11,14,15). The summed E-state index contributed by atoms with van der Waals surface area (Å²) in [5.74, 6) is 0. The number of rotatable bonds is 1. The summed E-state index contributed by atoms with van der Waals surface area (Å²) in [5, 5.41) is 17.7. The second-order valence-corrected chi connectivity index (χ2v) is 3.60. The zero-order chi connectivity index (χ0) is 11.0. The Hall–Kier alpha value is -1.87. The van der Waals surface area contributed by atoms with Crippen molar-refractivity contribution in [1.29, 1.82) is 5.26 Å². The van der Waals surface area contributed by atoms with E-state index in [4.69, 9.17) is 10.4 Å². The number of nitrogens with zero attached hydrogens (tertiary/aromatic N) is 2. The third-order valence-corrected chi connectivity index (χ3v) is 2.57. The lowest BCUT2D eigenvalue weighted by Crippen LogP contribution is -2.40. The first-order valence-corrected chi connectivity index (χ1v) is 4.55. The number of hydrogen-bond acceptors (Lipinski definition) is 4. The number of hydrogen-bond donors (Lipinski definition) is 2. The van der Waals surface area contributed by atoms with Gasteiger partial charge < -0.3 is 5.11 Å². The smallest absolute Gasteiger partial charge is 0.328 e. The molecule has 0 aromatic carbocycles. The van der Waals surface area contributed by atoms with Gasteiger partial charge in [-0.2, -0.15) is 5.26 Å². The van der Waals surface area contributed by atoms with Gasteiger partial charge in [0.1, 0.15) is 11.6 Å². The first-order valence-electron chi connectivity index (χ1n) is 4.55. The maximum atomic E-state index is 11.4. The summed E-state index contributed by atoms with van der Waals surface area (Å²) in [7, 11) is 0. The molecule has 0 unspecified atom stereocenters. The minimum atomic E-state index is -0.668. The van der Waals surface area contributed by atoms with Gasteiger partial charge in [0.2, 0.25) is 0 Å². The van der Waals surface area contributed by atoms with E-state index < -0.39 is 11.2 Å².